The van der Waals surface area contributed by atoms with E-state index in [1.54, 1.807) is 21.7 Å². The lowest BCUT2D eigenvalue weighted by Gasteiger charge is -2.33. The average molecular weight is 488 g/mol. The van der Waals surface area contributed by atoms with Crippen LogP contribution < -0.4 is 0 Å². The van der Waals surface area contributed by atoms with Crippen molar-refractivity contribution in [3.63, 3.8) is 0 Å². The summed E-state index contributed by atoms with van der Waals surface area (Å²) < 4.78 is 22.5. The predicted molar refractivity (Wildman–Crippen MR) is 130 cm³/mol. The summed E-state index contributed by atoms with van der Waals surface area (Å²) in [7, 11) is 0. The number of carbonyl (C=O) groups excluding carboxylic acids is 1. The molecule has 0 spiro atoms. The number of fused-ring (bicyclic) bond motifs is 1. The number of hydrogen-bond donors (Lipinski definition) is 0. The number of amides is 1. The first-order valence-electron chi connectivity index (χ1n) is 11.8. The molecule has 1 fully saturated rings. The highest BCUT2D eigenvalue weighted by atomic mass is 19.1. The number of ether oxygens (including phenoxy) is 1. The van der Waals surface area contributed by atoms with Gasteiger partial charge in [-0.25, -0.2) is 14.3 Å². The Kier molecular flexibility index (Phi) is 5.92. The molecule has 0 radical (unpaired) electrons. The van der Waals surface area contributed by atoms with Crippen molar-refractivity contribution in [1.29, 1.82) is 5.26 Å². The molecule has 9 nitrogen and oxygen atoms in total. The highest BCUT2D eigenvalue weighted by molar-refractivity contribution is 5.87. The number of piperidine rings is 1. The van der Waals surface area contributed by atoms with E-state index in [4.69, 9.17) is 4.74 Å². The molecule has 4 aromatic rings. The lowest BCUT2D eigenvalue weighted by molar-refractivity contribution is 0.0185. The molecule has 0 bridgehead atoms. The summed E-state index contributed by atoms with van der Waals surface area (Å²) >= 11 is 0. The van der Waals surface area contributed by atoms with Gasteiger partial charge in [-0.2, -0.15) is 19.8 Å². The van der Waals surface area contributed by atoms with Crippen LogP contribution in [0, 0.1) is 17.3 Å². The molecule has 5 heterocycles. The zero-order valence-corrected chi connectivity index (χ0v) is 20.3. The Labute approximate surface area is 207 Å². The minimum Gasteiger partial charge on any atom is -0.444 e. The van der Waals surface area contributed by atoms with Crippen molar-refractivity contribution in [3.8, 4) is 28.3 Å². The first-order chi connectivity index (χ1) is 17.2. The van der Waals surface area contributed by atoms with Crippen LogP contribution in [0.15, 0.2) is 49.2 Å². The highest BCUT2D eigenvalue weighted by Crippen LogP contribution is 2.32. The summed E-state index contributed by atoms with van der Waals surface area (Å²) in [4.78, 5) is 17.9. The molecule has 184 valence electrons. The SMILES string of the molecule is CC(C)(C)OC(=O)N1CCC(n2cc(-c3cc(-c4ccc(F)nc4)c4c(C#N)cnn4c3)cn2)CC1. The van der Waals surface area contributed by atoms with Crippen LogP contribution in [0.3, 0.4) is 0 Å². The zero-order valence-electron chi connectivity index (χ0n) is 20.3. The third kappa shape index (κ3) is 4.64. The van der Waals surface area contributed by atoms with E-state index in [0.29, 0.717) is 29.7 Å². The van der Waals surface area contributed by atoms with Crippen LogP contribution in [0.4, 0.5) is 9.18 Å². The van der Waals surface area contributed by atoms with Crippen molar-refractivity contribution < 1.29 is 13.9 Å². The molecule has 0 atom stereocenters. The van der Waals surface area contributed by atoms with Crippen LogP contribution in [-0.2, 0) is 4.74 Å². The first kappa shape index (κ1) is 23.5. The van der Waals surface area contributed by atoms with Crippen molar-refractivity contribution >= 4 is 11.6 Å². The van der Waals surface area contributed by atoms with Gasteiger partial charge in [-0.3, -0.25) is 4.68 Å². The number of pyridine rings is 2. The lowest BCUT2D eigenvalue weighted by Crippen LogP contribution is -2.42. The minimum atomic E-state index is -0.570. The first-order valence-corrected chi connectivity index (χ1v) is 11.8. The molecule has 10 heteroatoms. The van der Waals surface area contributed by atoms with Crippen LogP contribution >= 0.6 is 0 Å². The lowest BCUT2D eigenvalue weighted by atomic mass is 10.0. The molecule has 5 rings (SSSR count). The molecular formula is C26H26FN7O2. The van der Waals surface area contributed by atoms with Crippen LogP contribution in [0.25, 0.3) is 27.8 Å². The van der Waals surface area contributed by atoms with Crippen molar-refractivity contribution in [3.05, 3.63) is 60.7 Å². The second-order valence-electron chi connectivity index (χ2n) is 9.88. The fourth-order valence-electron chi connectivity index (χ4n) is 4.44. The monoisotopic (exact) mass is 487 g/mol. The Morgan fingerprint density at radius 2 is 1.86 bits per heavy atom. The Morgan fingerprint density at radius 3 is 2.53 bits per heavy atom. The van der Waals surface area contributed by atoms with Gasteiger partial charge < -0.3 is 9.64 Å². The van der Waals surface area contributed by atoms with Crippen molar-refractivity contribution in [2.45, 2.75) is 45.3 Å². The van der Waals surface area contributed by atoms with Crippen LogP contribution in [0.1, 0.15) is 45.2 Å². The Balaban J connectivity index is 1.40. The second-order valence-corrected chi connectivity index (χ2v) is 9.88. The van der Waals surface area contributed by atoms with E-state index in [1.807, 2.05) is 43.9 Å². The molecule has 1 aliphatic rings. The number of rotatable bonds is 3. The Morgan fingerprint density at radius 1 is 1.08 bits per heavy atom. The quantitative estimate of drug-likeness (QED) is 0.383. The summed E-state index contributed by atoms with van der Waals surface area (Å²) in [6.07, 6.45) is 9.86. The fraction of sp³-hybridized carbons (Fsp3) is 0.346. The van der Waals surface area contributed by atoms with E-state index < -0.39 is 11.5 Å². The van der Waals surface area contributed by atoms with E-state index in [1.165, 1.54) is 18.5 Å². The minimum absolute atomic E-state index is 0.164. The van der Waals surface area contributed by atoms with Crippen molar-refractivity contribution in [2.75, 3.05) is 13.1 Å². The summed E-state index contributed by atoms with van der Waals surface area (Å²) in [6.45, 7) is 6.80. The molecule has 1 amide bonds. The zero-order chi connectivity index (χ0) is 25.4. The molecule has 0 unspecified atom stereocenters. The molecule has 0 aromatic carbocycles. The summed E-state index contributed by atoms with van der Waals surface area (Å²) in [6, 6.07) is 7.21. The number of likely N-dealkylation sites (tertiary alicyclic amines) is 1. The summed E-state index contributed by atoms with van der Waals surface area (Å²) in [5.41, 5.74) is 3.69. The summed E-state index contributed by atoms with van der Waals surface area (Å²) in [5.74, 6) is -0.570. The van der Waals surface area contributed by atoms with Gasteiger partial charge >= 0.3 is 6.09 Å². The topological polar surface area (TPSA) is 101 Å². The maximum absolute atomic E-state index is 13.4. The standard InChI is InChI=1S/C26H26FN7O2/c1-26(2,3)36-25(35)32-8-6-21(7-9-32)33-16-20(14-30-33)18-10-22(17-4-5-23(27)29-12-17)24-19(11-28)13-31-34(24)15-18/h4-5,10,12-16,21H,6-9H2,1-3H3. The summed E-state index contributed by atoms with van der Waals surface area (Å²) in [5, 5.41) is 18.5. The van der Waals surface area contributed by atoms with Gasteiger partial charge in [-0.1, -0.05) is 0 Å². The number of carbonyl (C=O) groups is 1. The number of nitriles is 1. The van der Waals surface area contributed by atoms with Crippen LogP contribution in [0.5, 0.6) is 0 Å². The highest BCUT2D eigenvalue weighted by Gasteiger charge is 2.28. The molecule has 0 saturated carbocycles. The Bertz CT molecular complexity index is 1450. The van der Waals surface area contributed by atoms with Crippen LogP contribution in [-0.4, -0.2) is 54.1 Å². The smallest absolute Gasteiger partial charge is 0.410 e. The van der Waals surface area contributed by atoms with Crippen molar-refractivity contribution in [1.82, 2.24) is 29.3 Å². The molecule has 1 aliphatic heterocycles. The maximum Gasteiger partial charge on any atom is 0.410 e. The van der Waals surface area contributed by atoms with Gasteiger partial charge in [0.2, 0.25) is 5.95 Å². The third-order valence-corrected chi connectivity index (χ3v) is 6.20. The Hall–Kier alpha value is -4.26. The van der Waals surface area contributed by atoms with Gasteiger partial charge in [0, 0.05) is 53.9 Å². The van der Waals surface area contributed by atoms with E-state index in [0.717, 1.165) is 29.5 Å². The van der Waals surface area contributed by atoms with E-state index >= 15 is 0 Å². The fourth-order valence-corrected chi connectivity index (χ4v) is 4.44. The van der Waals surface area contributed by atoms with E-state index in [-0.39, 0.29) is 12.1 Å². The van der Waals surface area contributed by atoms with Crippen LogP contribution in [0.2, 0.25) is 0 Å². The number of nitrogens with zero attached hydrogens (tertiary/aromatic N) is 7. The van der Waals surface area contributed by atoms with Gasteiger partial charge in [0.05, 0.1) is 29.5 Å². The van der Waals surface area contributed by atoms with E-state index in [9.17, 15) is 14.4 Å². The van der Waals surface area contributed by atoms with E-state index in [2.05, 4.69) is 21.3 Å². The second kappa shape index (κ2) is 9.07. The van der Waals surface area contributed by atoms with Gasteiger partial charge in [-0.05, 0) is 51.8 Å². The van der Waals surface area contributed by atoms with Gasteiger partial charge in [0.25, 0.3) is 0 Å². The normalized spacial score (nSPS) is 14.7. The van der Waals surface area contributed by atoms with Crippen molar-refractivity contribution in [2.24, 2.45) is 0 Å². The largest absolute Gasteiger partial charge is 0.444 e. The molecule has 4 aromatic heterocycles. The molecule has 1 saturated heterocycles. The van der Waals surface area contributed by atoms with Gasteiger partial charge in [0.15, 0.2) is 0 Å². The molecular weight excluding hydrogens is 461 g/mol. The maximum atomic E-state index is 13.4. The molecule has 0 aliphatic carbocycles. The molecule has 36 heavy (non-hydrogen) atoms. The number of halogens is 1. The third-order valence-electron chi connectivity index (χ3n) is 6.20. The van der Waals surface area contributed by atoms with Gasteiger partial charge in [-0.15, -0.1) is 0 Å². The number of hydrogen-bond acceptors (Lipinski definition) is 6. The van der Waals surface area contributed by atoms with Gasteiger partial charge in [0.1, 0.15) is 11.7 Å². The average Bonchev–Trinajstić information content (AvgIpc) is 3.50. The predicted octanol–water partition coefficient (Wildman–Crippen LogP) is 4.84. The number of aromatic nitrogens is 5. The molecule has 0 N–H and O–H groups in total.